The van der Waals surface area contributed by atoms with Gasteiger partial charge in [-0.15, -0.1) is 0 Å². The van der Waals surface area contributed by atoms with E-state index in [1.165, 1.54) is 45.1 Å². The van der Waals surface area contributed by atoms with E-state index < -0.39 is 0 Å². The first-order chi connectivity index (χ1) is 8.56. The van der Waals surface area contributed by atoms with Crippen LogP contribution < -0.4 is 5.32 Å². The summed E-state index contributed by atoms with van der Waals surface area (Å²) in [6, 6.07) is 0.796. The molecule has 0 aliphatic heterocycles. The Bertz CT molecular complexity index is 248. The summed E-state index contributed by atoms with van der Waals surface area (Å²) in [5, 5.41) is 3.95. The molecule has 18 heavy (non-hydrogen) atoms. The van der Waals surface area contributed by atoms with Gasteiger partial charge in [-0.25, -0.2) is 0 Å². The molecule has 0 aromatic heterocycles. The fourth-order valence-electron chi connectivity index (χ4n) is 4.27. The molecule has 0 bridgehead atoms. The van der Waals surface area contributed by atoms with Gasteiger partial charge in [0.05, 0.1) is 0 Å². The second-order valence-corrected chi connectivity index (χ2v) is 7.63. The van der Waals surface area contributed by atoms with E-state index in [4.69, 9.17) is 0 Å². The lowest BCUT2D eigenvalue weighted by atomic mass is 9.74. The third-order valence-corrected chi connectivity index (χ3v) is 5.49. The van der Waals surface area contributed by atoms with E-state index >= 15 is 0 Å². The summed E-state index contributed by atoms with van der Waals surface area (Å²) in [5.41, 5.74) is 0. The second-order valence-electron chi connectivity index (χ2n) is 7.63. The van der Waals surface area contributed by atoms with E-state index in [0.29, 0.717) is 0 Å². The van der Waals surface area contributed by atoms with E-state index in [2.05, 4.69) is 33.0 Å². The van der Waals surface area contributed by atoms with Crippen LogP contribution in [0.1, 0.15) is 66.2 Å². The van der Waals surface area contributed by atoms with Crippen molar-refractivity contribution >= 4 is 0 Å². The lowest BCUT2D eigenvalue weighted by molar-refractivity contribution is 0.165. The van der Waals surface area contributed by atoms with Crippen LogP contribution in [-0.2, 0) is 0 Å². The topological polar surface area (TPSA) is 12.0 Å². The molecule has 5 unspecified atom stereocenters. The first-order valence-electron chi connectivity index (χ1n) is 8.29. The minimum absolute atomic E-state index is 0.796. The highest BCUT2D eigenvalue weighted by Gasteiger charge is 2.31. The maximum absolute atomic E-state index is 3.95. The van der Waals surface area contributed by atoms with Gasteiger partial charge in [-0.2, -0.15) is 0 Å². The molecule has 0 spiro atoms. The standard InChI is InChI=1S/C17H33N/c1-12(2)16-8-6-14(4)10-17(16)18-11-15-7-5-13(3)9-15/h12-18H,5-11H2,1-4H3. The molecule has 0 amide bonds. The van der Waals surface area contributed by atoms with E-state index in [9.17, 15) is 0 Å². The van der Waals surface area contributed by atoms with Crippen LogP contribution in [0, 0.1) is 29.6 Å². The molecule has 1 N–H and O–H groups in total. The SMILES string of the molecule is CC1CCC(CNC2CC(C)CCC2C(C)C)C1. The first-order valence-corrected chi connectivity index (χ1v) is 8.29. The molecule has 0 aromatic carbocycles. The normalized spacial score (nSPS) is 41.5. The average molecular weight is 251 g/mol. The summed E-state index contributed by atoms with van der Waals surface area (Å²) in [6.45, 7) is 11.0. The summed E-state index contributed by atoms with van der Waals surface area (Å²) >= 11 is 0. The second kappa shape index (κ2) is 6.41. The Morgan fingerprint density at radius 2 is 1.61 bits per heavy atom. The molecule has 2 aliphatic rings. The summed E-state index contributed by atoms with van der Waals surface area (Å²) in [5.74, 6) is 4.63. The van der Waals surface area contributed by atoms with Gasteiger partial charge >= 0.3 is 0 Å². The van der Waals surface area contributed by atoms with Gasteiger partial charge < -0.3 is 5.32 Å². The highest BCUT2D eigenvalue weighted by molar-refractivity contribution is 4.86. The summed E-state index contributed by atoms with van der Waals surface area (Å²) < 4.78 is 0. The van der Waals surface area contributed by atoms with Crippen molar-refractivity contribution in [2.75, 3.05) is 6.54 Å². The maximum atomic E-state index is 3.95. The zero-order chi connectivity index (χ0) is 13.1. The number of hydrogen-bond acceptors (Lipinski definition) is 1. The van der Waals surface area contributed by atoms with Crippen LogP contribution in [0.3, 0.4) is 0 Å². The summed E-state index contributed by atoms with van der Waals surface area (Å²) in [6.07, 6.45) is 8.68. The Labute approximate surface area is 114 Å². The molecule has 0 radical (unpaired) electrons. The number of hydrogen-bond donors (Lipinski definition) is 1. The zero-order valence-electron chi connectivity index (χ0n) is 12.9. The molecule has 0 aromatic rings. The lowest BCUT2D eigenvalue weighted by Crippen LogP contribution is -2.44. The van der Waals surface area contributed by atoms with Gasteiger partial charge in [-0.3, -0.25) is 0 Å². The van der Waals surface area contributed by atoms with Gasteiger partial charge in [0.25, 0.3) is 0 Å². The maximum Gasteiger partial charge on any atom is 0.0100 e. The van der Waals surface area contributed by atoms with Gasteiger partial charge in [0, 0.05) is 6.04 Å². The Morgan fingerprint density at radius 1 is 0.944 bits per heavy atom. The van der Waals surface area contributed by atoms with Gasteiger partial charge in [-0.05, 0) is 61.8 Å². The molecule has 2 fully saturated rings. The van der Waals surface area contributed by atoms with E-state index in [1.54, 1.807) is 0 Å². The molecule has 2 saturated carbocycles. The van der Waals surface area contributed by atoms with Crippen molar-refractivity contribution in [3.63, 3.8) is 0 Å². The van der Waals surface area contributed by atoms with Crippen LogP contribution in [0.15, 0.2) is 0 Å². The van der Waals surface area contributed by atoms with Crippen molar-refractivity contribution in [2.45, 2.75) is 72.3 Å². The van der Waals surface area contributed by atoms with E-state index in [1.807, 2.05) is 0 Å². The monoisotopic (exact) mass is 251 g/mol. The van der Waals surface area contributed by atoms with Crippen LogP contribution in [0.2, 0.25) is 0 Å². The number of nitrogens with one attached hydrogen (secondary N) is 1. The molecular weight excluding hydrogens is 218 g/mol. The molecule has 1 nitrogen and oxygen atoms in total. The largest absolute Gasteiger partial charge is 0.313 e. The molecule has 2 rings (SSSR count). The summed E-state index contributed by atoms with van der Waals surface area (Å²) in [4.78, 5) is 0. The predicted octanol–water partition coefficient (Wildman–Crippen LogP) is 4.47. The van der Waals surface area contributed by atoms with Crippen LogP contribution in [-0.4, -0.2) is 12.6 Å². The van der Waals surface area contributed by atoms with Crippen molar-refractivity contribution in [2.24, 2.45) is 29.6 Å². The molecule has 106 valence electrons. The quantitative estimate of drug-likeness (QED) is 0.777. The van der Waals surface area contributed by atoms with Crippen molar-refractivity contribution < 1.29 is 0 Å². The Morgan fingerprint density at radius 3 is 2.22 bits per heavy atom. The van der Waals surface area contributed by atoms with Crippen LogP contribution >= 0.6 is 0 Å². The molecule has 5 atom stereocenters. The van der Waals surface area contributed by atoms with Gasteiger partial charge in [0.15, 0.2) is 0 Å². The van der Waals surface area contributed by atoms with E-state index in [0.717, 1.165) is 35.6 Å². The molecular formula is C17H33N. The Hall–Kier alpha value is -0.0400. The van der Waals surface area contributed by atoms with Crippen molar-refractivity contribution in [3.8, 4) is 0 Å². The highest BCUT2D eigenvalue weighted by atomic mass is 14.9. The molecule has 2 aliphatic carbocycles. The van der Waals surface area contributed by atoms with Crippen molar-refractivity contribution in [3.05, 3.63) is 0 Å². The Balaban J connectivity index is 1.81. The van der Waals surface area contributed by atoms with Gasteiger partial charge in [0.1, 0.15) is 0 Å². The zero-order valence-corrected chi connectivity index (χ0v) is 12.9. The fourth-order valence-corrected chi connectivity index (χ4v) is 4.27. The predicted molar refractivity (Wildman–Crippen MR) is 79.6 cm³/mol. The third kappa shape index (κ3) is 3.73. The van der Waals surface area contributed by atoms with Crippen LogP contribution in [0.4, 0.5) is 0 Å². The third-order valence-electron chi connectivity index (χ3n) is 5.49. The number of rotatable bonds is 4. The van der Waals surface area contributed by atoms with Crippen LogP contribution in [0.5, 0.6) is 0 Å². The van der Waals surface area contributed by atoms with Crippen molar-refractivity contribution in [1.29, 1.82) is 0 Å². The minimum Gasteiger partial charge on any atom is -0.313 e. The fraction of sp³-hybridized carbons (Fsp3) is 1.00. The lowest BCUT2D eigenvalue weighted by Gasteiger charge is -2.38. The van der Waals surface area contributed by atoms with Gasteiger partial charge in [0.2, 0.25) is 0 Å². The minimum atomic E-state index is 0.796. The van der Waals surface area contributed by atoms with E-state index in [-0.39, 0.29) is 0 Å². The molecule has 0 saturated heterocycles. The van der Waals surface area contributed by atoms with Gasteiger partial charge in [-0.1, -0.05) is 40.5 Å². The summed E-state index contributed by atoms with van der Waals surface area (Å²) in [7, 11) is 0. The molecule has 1 heteroatoms. The average Bonchev–Trinajstić information content (AvgIpc) is 2.72. The Kier molecular flexibility index (Phi) is 5.12. The first kappa shape index (κ1) is 14.4. The smallest absolute Gasteiger partial charge is 0.0100 e. The highest BCUT2D eigenvalue weighted by Crippen LogP contribution is 2.34. The van der Waals surface area contributed by atoms with Crippen LogP contribution in [0.25, 0.3) is 0 Å². The van der Waals surface area contributed by atoms with Crippen molar-refractivity contribution in [1.82, 2.24) is 5.32 Å². The molecule has 0 heterocycles.